The van der Waals surface area contributed by atoms with E-state index in [1.807, 2.05) is 15.9 Å². The van der Waals surface area contributed by atoms with Crippen molar-refractivity contribution in [3.05, 3.63) is 11.8 Å². The molecule has 3 aliphatic rings. The third-order valence-electron chi connectivity index (χ3n) is 5.34. The normalized spacial score (nSPS) is 24.0. The van der Waals surface area contributed by atoms with E-state index in [-0.39, 0.29) is 12.0 Å². The Morgan fingerprint density at radius 3 is 2.92 bits per heavy atom. The summed E-state index contributed by atoms with van der Waals surface area (Å²) in [5.41, 5.74) is 0.991. The first kappa shape index (κ1) is 17.5. The number of β-amino-alcohol motifs (C(OH)–C–C–N with tert-alkyl or cyclic N) is 1. The van der Waals surface area contributed by atoms with Crippen molar-refractivity contribution >= 4 is 17.7 Å². The molecule has 3 aliphatic heterocycles. The number of nitrogens with zero attached hydrogens (tertiary/aromatic N) is 4. The molecule has 0 bridgehead atoms. The minimum atomic E-state index is -0.293. The molecule has 2 N–H and O–H groups in total. The molecule has 1 amide bonds. The Hall–Kier alpha value is -1.93. The quantitative estimate of drug-likeness (QED) is 0.766. The molecule has 0 aromatic carbocycles. The minimum absolute atomic E-state index is 0.250. The summed E-state index contributed by atoms with van der Waals surface area (Å²) < 4.78 is 5.50. The van der Waals surface area contributed by atoms with Crippen molar-refractivity contribution in [3.63, 3.8) is 0 Å². The van der Waals surface area contributed by atoms with Gasteiger partial charge in [0, 0.05) is 57.7 Å². The Kier molecular flexibility index (Phi) is 5.21. The first-order valence-electron chi connectivity index (χ1n) is 9.60. The molecule has 1 unspecified atom stereocenters. The van der Waals surface area contributed by atoms with E-state index in [9.17, 15) is 9.90 Å². The Morgan fingerprint density at radius 2 is 2.19 bits per heavy atom. The number of anilines is 2. The summed E-state index contributed by atoms with van der Waals surface area (Å²) in [7, 11) is 0. The lowest BCUT2D eigenvalue weighted by Gasteiger charge is -2.36. The standard InChI is InChI=1S/C18H27N5O3/c24-14-10-23(11-14)18-20-15(13-4-8-26-12-13)9-16(21-18)19-5-7-22-6-2-1-3-17(22)25/h9,13-14,24H,1-8,10-12H2,(H,19,20,21). The van der Waals surface area contributed by atoms with Crippen LogP contribution in [0, 0.1) is 0 Å². The van der Waals surface area contributed by atoms with Crippen LogP contribution >= 0.6 is 0 Å². The molecule has 8 heteroatoms. The summed E-state index contributed by atoms with van der Waals surface area (Å²) in [6.07, 6.45) is 3.44. The van der Waals surface area contributed by atoms with Crippen molar-refractivity contribution in [1.82, 2.24) is 14.9 Å². The van der Waals surface area contributed by atoms with Crippen LogP contribution in [0.5, 0.6) is 0 Å². The van der Waals surface area contributed by atoms with Gasteiger partial charge < -0.3 is 25.0 Å². The van der Waals surface area contributed by atoms with Gasteiger partial charge in [-0.05, 0) is 19.3 Å². The second kappa shape index (κ2) is 7.75. The topological polar surface area (TPSA) is 90.8 Å². The number of carbonyl (C=O) groups is 1. The molecular formula is C18H27N5O3. The molecule has 1 aromatic rings. The second-order valence-electron chi connectivity index (χ2n) is 7.36. The Labute approximate surface area is 153 Å². The number of aromatic nitrogens is 2. The maximum Gasteiger partial charge on any atom is 0.227 e. The zero-order chi connectivity index (χ0) is 17.9. The number of amides is 1. The molecular weight excluding hydrogens is 334 g/mol. The predicted molar refractivity (Wildman–Crippen MR) is 97.3 cm³/mol. The zero-order valence-electron chi connectivity index (χ0n) is 15.1. The number of aliphatic hydroxyl groups is 1. The van der Waals surface area contributed by atoms with Crippen molar-refractivity contribution in [1.29, 1.82) is 0 Å². The number of piperidine rings is 1. The van der Waals surface area contributed by atoms with Gasteiger partial charge in [-0.3, -0.25) is 4.79 Å². The molecule has 0 spiro atoms. The van der Waals surface area contributed by atoms with E-state index < -0.39 is 0 Å². The fourth-order valence-electron chi connectivity index (χ4n) is 3.70. The fourth-order valence-corrected chi connectivity index (χ4v) is 3.70. The van der Waals surface area contributed by atoms with Crippen LogP contribution in [0.3, 0.4) is 0 Å². The highest BCUT2D eigenvalue weighted by atomic mass is 16.5. The van der Waals surface area contributed by atoms with Crippen LogP contribution < -0.4 is 10.2 Å². The van der Waals surface area contributed by atoms with E-state index in [2.05, 4.69) is 10.3 Å². The summed E-state index contributed by atoms with van der Waals surface area (Å²) in [5, 5.41) is 12.9. The number of rotatable bonds is 6. The third-order valence-corrected chi connectivity index (χ3v) is 5.34. The molecule has 1 atom stereocenters. The molecule has 0 aliphatic carbocycles. The van der Waals surface area contributed by atoms with Crippen molar-refractivity contribution in [2.75, 3.05) is 56.2 Å². The summed E-state index contributed by atoms with van der Waals surface area (Å²) in [6, 6.07) is 2.00. The molecule has 0 saturated carbocycles. The first-order chi connectivity index (χ1) is 12.7. The molecule has 8 nitrogen and oxygen atoms in total. The number of nitrogens with one attached hydrogen (secondary N) is 1. The lowest BCUT2D eigenvalue weighted by atomic mass is 10.0. The number of carbonyl (C=O) groups excluding carboxylic acids is 1. The van der Waals surface area contributed by atoms with Crippen LogP contribution in [0.2, 0.25) is 0 Å². The van der Waals surface area contributed by atoms with Crippen molar-refractivity contribution in [3.8, 4) is 0 Å². The van der Waals surface area contributed by atoms with Gasteiger partial charge in [0.2, 0.25) is 11.9 Å². The van der Waals surface area contributed by atoms with E-state index in [4.69, 9.17) is 9.72 Å². The minimum Gasteiger partial charge on any atom is -0.389 e. The van der Waals surface area contributed by atoms with Crippen LogP contribution in [-0.4, -0.2) is 77.9 Å². The van der Waals surface area contributed by atoms with Gasteiger partial charge in [0.15, 0.2) is 0 Å². The summed E-state index contributed by atoms with van der Waals surface area (Å²) in [4.78, 5) is 25.1. The highest BCUT2D eigenvalue weighted by Gasteiger charge is 2.29. The van der Waals surface area contributed by atoms with Gasteiger partial charge in [0.1, 0.15) is 5.82 Å². The zero-order valence-corrected chi connectivity index (χ0v) is 15.1. The summed E-state index contributed by atoms with van der Waals surface area (Å²) in [6.45, 7) is 4.84. The Morgan fingerprint density at radius 1 is 1.31 bits per heavy atom. The molecule has 3 fully saturated rings. The van der Waals surface area contributed by atoms with Crippen molar-refractivity contribution in [2.24, 2.45) is 0 Å². The molecule has 4 heterocycles. The summed E-state index contributed by atoms with van der Waals surface area (Å²) in [5.74, 6) is 1.99. The maximum atomic E-state index is 11.9. The second-order valence-corrected chi connectivity index (χ2v) is 7.36. The number of hydrogen-bond acceptors (Lipinski definition) is 7. The van der Waals surface area contributed by atoms with Gasteiger partial charge in [-0.25, -0.2) is 4.98 Å². The lowest BCUT2D eigenvalue weighted by Crippen LogP contribution is -2.51. The Balaban J connectivity index is 1.42. The van der Waals surface area contributed by atoms with Crippen LogP contribution in [0.1, 0.15) is 37.3 Å². The molecule has 0 radical (unpaired) electrons. The smallest absolute Gasteiger partial charge is 0.227 e. The van der Waals surface area contributed by atoms with Gasteiger partial charge in [-0.2, -0.15) is 4.98 Å². The number of likely N-dealkylation sites (tertiary alicyclic amines) is 1. The average Bonchev–Trinajstić information content (AvgIpc) is 3.15. The van der Waals surface area contributed by atoms with Crippen LogP contribution in [0.25, 0.3) is 0 Å². The van der Waals surface area contributed by atoms with E-state index in [0.29, 0.717) is 51.1 Å². The van der Waals surface area contributed by atoms with E-state index in [1.165, 1.54) is 0 Å². The third kappa shape index (κ3) is 3.91. The molecule has 1 aromatic heterocycles. The molecule has 3 saturated heterocycles. The van der Waals surface area contributed by atoms with E-state index in [0.717, 1.165) is 43.9 Å². The maximum absolute atomic E-state index is 11.9. The summed E-state index contributed by atoms with van der Waals surface area (Å²) >= 11 is 0. The number of aliphatic hydroxyl groups excluding tert-OH is 1. The largest absolute Gasteiger partial charge is 0.389 e. The van der Waals surface area contributed by atoms with Crippen molar-refractivity contribution in [2.45, 2.75) is 37.7 Å². The van der Waals surface area contributed by atoms with Gasteiger partial charge in [0.05, 0.1) is 18.4 Å². The van der Waals surface area contributed by atoms with Gasteiger partial charge >= 0.3 is 0 Å². The monoisotopic (exact) mass is 361 g/mol. The molecule has 142 valence electrons. The highest BCUT2D eigenvalue weighted by Crippen LogP contribution is 2.28. The van der Waals surface area contributed by atoms with Crippen LogP contribution in [0.15, 0.2) is 6.07 Å². The SMILES string of the molecule is O=C1CCCCN1CCNc1cc(C2CCOC2)nc(N2CC(O)C2)n1. The Bertz CT molecular complexity index is 644. The van der Waals surface area contributed by atoms with E-state index >= 15 is 0 Å². The average molecular weight is 361 g/mol. The van der Waals surface area contributed by atoms with Crippen molar-refractivity contribution < 1.29 is 14.6 Å². The van der Waals surface area contributed by atoms with Crippen LogP contribution in [-0.2, 0) is 9.53 Å². The number of ether oxygens (including phenoxy) is 1. The number of hydrogen-bond donors (Lipinski definition) is 2. The highest BCUT2D eigenvalue weighted by molar-refractivity contribution is 5.76. The first-order valence-corrected chi connectivity index (χ1v) is 9.60. The van der Waals surface area contributed by atoms with Gasteiger partial charge in [-0.1, -0.05) is 0 Å². The molecule has 4 rings (SSSR count). The van der Waals surface area contributed by atoms with Crippen LogP contribution in [0.4, 0.5) is 11.8 Å². The van der Waals surface area contributed by atoms with E-state index in [1.54, 1.807) is 0 Å². The molecule has 26 heavy (non-hydrogen) atoms. The van der Waals surface area contributed by atoms with Gasteiger partial charge in [-0.15, -0.1) is 0 Å². The predicted octanol–water partition coefficient (Wildman–Crippen LogP) is 0.586. The lowest BCUT2D eigenvalue weighted by molar-refractivity contribution is -0.133. The fraction of sp³-hybridized carbons (Fsp3) is 0.722. The van der Waals surface area contributed by atoms with Gasteiger partial charge in [0.25, 0.3) is 0 Å².